The molecule has 2 heteroatoms. The average molecular weight is 166 g/mol. The first-order chi connectivity index (χ1) is 5.75. The number of hydrogen-bond donors (Lipinski definition) is 0. The molecule has 68 valence electrons. The van der Waals surface area contributed by atoms with Crippen LogP contribution in [0.3, 0.4) is 0 Å². The molecule has 0 aliphatic carbocycles. The third-order valence-electron chi connectivity index (χ3n) is 2.26. The van der Waals surface area contributed by atoms with E-state index in [1.165, 1.54) is 12.8 Å². The number of rotatable bonds is 4. The fourth-order valence-electron chi connectivity index (χ4n) is 1.59. The summed E-state index contributed by atoms with van der Waals surface area (Å²) in [6.45, 7) is 6.76. The van der Waals surface area contributed by atoms with E-state index in [1.54, 1.807) is 0 Å². The van der Waals surface area contributed by atoms with Crippen molar-refractivity contribution in [1.82, 2.24) is 9.55 Å². The molecule has 0 fully saturated rings. The zero-order chi connectivity index (χ0) is 8.97. The van der Waals surface area contributed by atoms with E-state index >= 15 is 0 Å². The second-order valence-corrected chi connectivity index (χ2v) is 3.61. The van der Waals surface area contributed by atoms with Crippen molar-refractivity contribution >= 4 is 0 Å². The predicted molar refractivity (Wildman–Crippen MR) is 51.0 cm³/mol. The van der Waals surface area contributed by atoms with Gasteiger partial charge in [-0.25, -0.2) is 4.98 Å². The molecule has 0 amide bonds. The van der Waals surface area contributed by atoms with Crippen LogP contribution in [0.2, 0.25) is 0 Å². The Labute approximate surface area is 74.6 Å². The Morgan fingerprint density at radius 3 is 2.58 bits per heavy atom. The van der Waals surface area contributed by atoms with Gasteiger partial charge < -0.3 is 4.57 Å². The maximum atomic E-state index is 4.07. The summed E-state index contributed by atoms with van der Waals surface area (Å²) in [7, 11) is 0. The van der Waals surface area contributed by atoms with Crippen molar-refractivity contribution in [2.45, 2.75) is 39.7 Å². The smallest absolute Gasteiger partial charge is 0.0948 e. The van der Waals surface area contributed by atoms with Gasteiger partial charge in [0.05, 0.1) is 6.33 Å². The summed E-state index contributed by atoms with van der Waals surface area (Å²) in [6, 6.07) is 0.623. The third kappa shape index (κ3) is 2.10. The Bertz CT molecular complexity index is 202. The van der Waals surface area contributed by atoms with E-state index in [4.69, 9.17) is 0 Å². The van der Waals surface area contributed by atoms with Crippen LogP contribution in [-0.4, -0.2) is 9.55 Å². The number of aromatic nitrogens is 2. The zero-order valence-corrected chi connectivity index (χ0v) is 8.20. The van der Waals surface area contributed by atoms with Gasteiger partial charge in [-0.1, -0.05) is 27.2 Å². The number of imidazole rings is 1. The van der Waals surface area contributed by atoms with E-state index in [1.807, 2.05) is 12.5 Å². The maximum absolute atomic E-state index is 4.07. The van der Waals surface area contributed by atoms with Crippen LogP contribution in [0.15, 0.2) is 18.7 Å². The molecule has 0 unspecified atom stereocenters. The highest BCUT2D eigenvalue weighted by atomic mass is 15.1. The van der Waals surface area contributed by atoms with Gasteiger partial charge in [-0.15, -0.1) is 0 Å². The SMILES string of the molecule is CCC[C@H](C(C)C)n1ccnc1. The van der Waals surface area contributed by atoms with Gasteiger partial charge in [0.1, 0.15) is 0 Å². The Balaban J connectivity index is 2.66. The highest BCUT2D eigenvalue weighted by Gasteiger charge is 2.12. The molecule has 0 N–H and O–H groups in total. The Hall–Kier alpha value is -0.790. The second-order valence-electron chi connectivity index (χ2n) is 3.61. The lowest BCUT2D eigenvalue weighted by atomic mass is 10.00. The minimum atomic E-state index is 0.623. The monoisotopic (exact) mass is 166 g/mol. The summed E-state index contributed by atoms with van der Waals surface area (Å²) in [5.74, 6) is 0.694. The molecule has 0 aromatic carbocycles. The minimum Gasteiger partial charge on any atom is -0.334 e. The van der Waals surface area contributed by atoms with Crippen LogP contribution in [-0.2, 0) is 0 Å². The molecule has 2 nitrogen and oxygen atoms in total. The van der Waals surface area contributed by atoms with Crippen LogP contribution >= 0.6 is 0 Å². The van der Waals surface area contributed by atoms with Gasteiger partial charge in [-0.2, -0.15) is 0 Å². The lowest BCUT2D eigenvalue weighted by molar-refractivity contribution is 0.350. The molecule has 1 heterocycles. The molecular weight excluding hydrogens is 148 g/mol. The zero-order valence-electron chi connectivity index (χ0n) is 8.20. The fourth-order valence-corrected chi connectivity index (χ4v) is 1.59. The summed E-state index contributed by atoms with van der Waals surface area (Å²) in [5, 5.41) is 0. The maximum Gasteiger partial charge on any atom is 0.0948 e. The van der Waals surface area contributed by atoms with Gasteiger partial charge in [-0.3, -0.25) is 0 Å². The first kappa shape index (κ1) is 9.30. The minimum absolute atomic E-state index is 0.623. The van der Waals surface area contributed by atoms with E-state index in [0.717, 1.165) is 0 Å². The molecule has 12 heavy (non-hydrogen) atoms. The summed E-state index contributed by atoms with van der Waals surface area (Å²) in [6.07, 6.45) is 8.31. The van der Waals surface area contributed by atoms with Gasteiger partial charge in [-0.05, 0) is 12.3 Å². The van der Waals surface area contributed by atoms with Crippen LogP contribution in [0.1, 0.15) is 39.7 Å². The predicted octanol–water partition coefficient (Wildman–Crippen LogP) is 2.88. The van der Waals surface area contributed by atoms with Crippen LogP contribution in [0, 0.1) is 5.92 Å². The fraction of sp³-hybridized carbons (Fsp3) is 0.700. The van der Waals surface area contributed by atoms with Crippen molar-refractivity contribution in [2.24, 2.45) is 5.92 Å². The molecule has 0 radical (unpaired) electrons. The normalized spacial score (nSPS) is 13.7. The van der Waals surface area contributed by atoms with Gasteiger partial charge >= 0.3 is 0 Å². The first-order valence-electron chi connectivity index (χ1n) is 4.73. The standard InChI is InChI=1S/C10H18N2/c1-4-5-10(9(2)3)12-7-6-11-8-12/h6-10H,4-5H2,1-3H3/t10-/m1/s1. The highest BCUT2D eigenvalue weighted by Crippen LogP contribution is 2.22. The topological polar surface area (TPSA) is 17.8 Å². The van der Waals surface area contributed by atoms with E-state index in [2.05, 4.69) is 36.5 Å². The molecule has 0 aliphatic rings. The highest BCUT2D eigenvalue weighted by molar-refractivity contribution is 4.81. The lowest BCUT2D eigenvalue weighted by Gasteiger charge is -2.21. The largest absolute Gasteiger partial charge is 0.334 e. The van der Waals surface area contributed by atoms with E-state index in [-0.39, 0.29) is 0 Å². The van der Waals surface area contributed by atoms with Crippen molar-refractivity contribution in [3.63, 3.8) is 0 Å². The molecule has 1 aromatic rings. The third-order valence-corrected chi connectivity index (χ3v) is 2.26. The Morgan fingerprint density at radius 2 is 2.17 bits per heavy atom. The molecule has 0 saturated carbocycles. The molecule has 0 aliphatic heterocycles. The summed E-state index contributed by atoms with van der Waals surface area (Å²) in [5.41, 5.74) is 0. The van der Waals surface area contributed by atoms with Crippen molar-refractivity contribution in [1.29, 1.82) is 0 Å². The molecule has 0 bridgehead atoms. The average Bonchev–Trinajstić information content (AvgIpc) is 2.51. The molecule has 0 spiro atoms. The number of nitrogens with zero attached hydrogens (tertiary/aromatic N) is 2. The van der Waals surface area contributed by atoms with Crippen molar-refractivity contribution in [2.75, 3.05) is 0 Å². The van der Waals surface area contributed by atoms with E-state index < -0.39 is 0 Å². The van der Waals surface area contributed by atoms with Crippen molar-refractivity contribution < 1.29 is 0 Å². The number of hydrogen-bond acceptors (Lipinski definition) is 1. The summed E-state index contributed by atoms with van der Waals surface area (Å²) >= 11 is 0. The van der Waals surface area contributed by atoms with Crippen LogP contribution in [0.25, 0.3) is 0 Å². The van der Waals surface area contributed by atoms with Gasteiger partial charge in [0.15, 0.2) is 0 Å². The van der Waals surface area contributed by atoms with Crippen LogP contribution in [0.5, 0.6) is 0 Å². The van der Waals surface area contributed by atoms with Gasteiger partial charge in [0, 0.05) is 18.4 Å². The van der Waals surface area contributed by atoms with Crippen LogP contribution in [0.4, 0.5) is 0 Å². The second kappa shape index (κ2) is 4.29. The molecule has 1 aromatic heterocycles. The molecule has 1 atom stereocenters. The Kier molecular flexibility index (Phi) is 3.32. The van der Waals surface area contributed by atoms with E-state index in [0.29, 0.717) is 12.0 Å². The summed E-state index contributed by atoms with van der Waals surface area (Å²) < 4.78 is 2.22. The van der Waals surface area contributed by atoms with Crippen LogP contribution < -0.4 is 0 Å². The molecular formula is C10H18N2. The van der Waals surface area contributed by atoms with Crippen molar-refractivity contribution in [3.05, 3.63) is 18.7 Å². The van der Waals surface area contributed by atoms with Gasteiger partial charge in [0.25, 0.3) is 0 Å². The summed E-state index contributed by atoms with van der Waals surface area (Å²) in [4.78, 5) is 4.07. The lowest BCUT2D eigenvalue weighted by Crippen LogP contribution is -2.13. The van der Waals surface area contributed by atoms with E-state index in [9.17, 15) is 0 Å². The Morgan fingerprint density at radius 1 is 1.42 bits per heavy atom. The van der Waals surface area contributed by atoms with Gasteiger partial charge in [0.2, 0.25) is 0 Å². The quantitative estimate of drug-likeness (QED) is 0.672. The molecule has 0 saturated heterocycles. The van der Waals surface area contributed by atoms with Crippen molar-refractivity contribution in [3.8, 4) is 0 Å². The molecule has 1 rings (SSSR count). The first-order valence-corrected chi connectivity index (χ1v) is 4.73.